The Morgan fingerprint density at radius 3 is 1.71 bits per heavy atom. The second-order valence-corrected chi connectivity index (χ2v) is 9.85. The van der Waals surface area contributed by atoms with E-state index in [4.69, 9.17) is 4.65 Å². The molecular formula is C18H33BOS. The summed E-state index contributed by atoms with van der Waals surface area (Å²) in [7, 11) is 0. The zero-order valence-electron chi connectivity index (χ0n) is 14.3. The average molecular weight is 308 g/mol. The highest BCUT2D eigenvalue weighted by Gasteiger charge is 2.38. The van der Waals surface area contributed by atoms with Gasteiger partial charge in [-0.05, 0) is 11.6 Å². The smallest absolute Gasteiger partial charge is 0.364 e. The molecule has 0 aromatic heterocycles. The van der Waals surface area contributed by atoms with Crippen LogP contribution in [-0.2, 0) is 4.65 Å². The molecule has 120 valence electrons. The van der Waals surface area contributed by atoms with E-state index in [9.17, 15) is 0 Å². The number of hydrogen-bond acceptors (Lipinski definition) is 2. The average Bonchev–Trinajstić information content (AvgIpc) is 2.45. The Labute approximate surface area is 136 Å². The highest BCUT2D eigenvalue weighted by atomic mass is 32.2. The fraction of sp³-hybridized carbons (Fsp3) is 0.889. The maximum absolute atomic E-state index is 6.47. The second-order valence-electron chi connectivity index (χ2n) is 7.97. The summed E-state index contributed by atoms with van der Waals surface area (Å²) in [5, 5.41) is 0.948. The number of hydrogen-bond donors (Lipinski definition) is 0. The number of thioether (sulfide) groups is 1. The van der Waals surface area contributed by atoms with Gasteiger partial charge >= 0.3 is 6.92 Å². The summed E-state index contributed by atoms with van der Waals surface area (Å²) < 4.78 is 6.67. The first-order valence-electron chi connectivity index (χ1n) is 9.00. The quantitative estimate of drug-likeness (QED) is 0.414. The van der Waals surface area contributed by atoms with Crippen molar-refractivity contribution in [2.45, 2.75) is 101 Å². The van der Waals surface area contributed by atoms with Gasteiger partial charge in [0.05, 0.1) is 0 Å². The third-order valence-electron chi connectivity index (χ3n) is 4.92. The van der Waals surface area contributed by atoms with Gasteiger partial charge in [0.25, 0.3) is 0 Å². The van der Waals surface area contributed by atoms with E-state index < -0.39 is 0 Å². The van der Waals surface area contributed by atoms with Gasteiger partial charge in [-0.2, -0.15) is 0 Å². The van der Waals surface area contributed by atoms with Crippen LogP contribution >= 0.6 is 11.8 Å². The van der Waals surface area contributed by atoms with Crippen LogP contribution in [0.3, 0.4) is 0 Å². The van der Waals surface area contributed by atoms with Gasteiger partial charge in [0.1, 0.15) is 5.09 Å². The molecule has 0 aromatic carbocycles. The van der Waals surface area contributed by atoms with E-state index in [1.54, 1.807) is 11.8 Å². The Morgan fingerprint density at radius 1 is 0.905 bits per heavy atom. The first-order chi connectivity index (χ1) is 9.96. The van der Waals surface area contributed by atoms with Crippen molar-refractivity contribution >= 4 is 18.7 Å². The first kappa shape index (κ1) is 17.3. The Balaban J connectivity index is 1.98. The molecule has 0 spiro atoms. The molecule has 21 heavy (non-hydrogen) atoms. The van der Waals surface area contributed by atoms with Gasteiger partial charge in [-0.1, -0.05) is 103 Å². The van der Waals surface area contributed by atoms with Crippen LogP contribution in [0.2, 0.25) is 11.6 Å². The van der Waals surface area contributed by atoms with Crippen molar-refractivity contribution in [3.63, 3.8) is 0 Å². The zero-order chi connectivity index (χ0) is 15.3. The van der Waals surface area contributed by atoms with E-state index in [2.05, 4.69) is 27.4 Å². The van der Waals surface area contributed by atoms with Gasteiger partial charge in [-0.3, -0.25) is 0 Å². The van der Waals surface area contributed by atoms with Crippen molar-refractivity contribution in [1.29, 1.82) is 0 Å². The monoisotopic (exact) mass is 308 g/mol. The Bertz CT molecular complexity index is 307. The molecule has 0 bridgehead atoms. The van der Waals surface area contributed by atoms with Crippen molar-refractivity contribution in [3.8, 4) is 0 Å². The predicted molar refractivity (Wildman–Crippen MR) is 97.0 cm³/mol. The summed E-state index contributed by atoms with van der Waals surface area (Å²) in [6.07, 6.45) is 13.9. The van der Waals surface area contributed by atoms with Gasteiger partial charge in [0, 0.05) is 4.75 Å². The second kappa shape index (κ2) is 7.99. The molecule has 3 heteroatoms. The maximum Gasteiger partial charge on any atom is 0.364 e. The molecule has 0 amide bonds. The van der Waals surface area contributed by atoms with E-state index in [-0.39, 0.29) is 4.75 Å². The molecule has 0 unspecified atom stereocenters. The largest absolute Gasteiger partial charge is 0.556 e. The van der Waals surface area contributed by atoms with Crippen LogP contribution in [0.5, 0.6) is 0 Å². The third-order valence-corrected chi connectivity index (χ3v) is 5.85. The molecule has 0 heterocycles. The van der Waals surface area contributed by atoms with Crippen LogP contribution in [0.25, 0.3) is 0 Å². The molecule has 0 aliphatic heterocycles. The predicted octanol–water partition coefficient (Wildman–Crippen LogP) is 6.67. The van der Waals surface area contributed by atoms with Crippen molar-refractivity contribution in [2.24, 2.45) is 0 Å². The lowest BCUT2D eigenvalue weighted by molar-refractivity contribution is 0.373. The van der Waals surface area contributed by atoms with Crippen molar-refractivity contribution < 1.29 is 4.65 Å². The molecule has 2 aliphatic rings. The molecular weight excluding hydrogens is 275 g/mol. The minimum absolute atomic E-state index is 0.195. The summed E-state index contributed by atoms with van der Waals surface area (Å²) in [6.45, 7) is 11.4. The van der Waals surface area contributed by atoms with Crippen LogP contribution in [0.15, 0.2) is 11.7 Å². The summed E-state index contributed by atoms with van der Waals surface area (Å²) in [5.41, 5.74) is 0. The number of rotatable bonds is 5. The SMILES string of the molecule is C=C(OB(C1CCCCC1)C1CCCCC1)SC(C)(C)C. The highest BCUT2D eigenvalue weighted by Crippen LogP contribution is 2.44. The Morgan fingerprint density at radius 2 is 1.33 bits per heavy atom. The molecule has 2 saturated carbocycles. The van der Waals surface area contributed by atoms with Crippen LogP contribution in [-0.4, -0.2) is 11.7 Å². The Kier molecular flexibility index (Phi) is 6.59. The van der Waals surface area contributed by atoms with Crippen molar-refractivity contribution in [2.75, 3.05) is 0 Å². The Hall–Kier alpha value is -0.0451. The fourth-order valence-electron chi connectivity index (χ4n) is 4.02. The minimum atomic E-state index is 0.195. The summed E-state index contributed by atoms with van der Waals surface area (Å²) in [4.78, 5) is 0. The highest BCUT2D eigenvalue weighted by molar-refractivity contribution is 8.04. The third kappa shape index (κ3) is 5.92. The van der Waals surface area contributed by atoms with Gasteiger partial charge < -0.3 is 4.65 Å². The summed E-state index contributed by atoms with van der Waals surface area (Å²) >= 11 is 1.80. The zero-order valence-corrected chi connectivity index (χ0v) is 15.1. The van der Waals surface area contributed by atoms with Crippen molar-refractivity contribution in [3.05, 3.63) is 11.7 Å². The summed E-state index contributed by atoms with van der Waals surface area (Å²) in [6, 6.07) is 0. The summed E-state index contributed by atoms with van der Waals surface area (Å²) in [5.74, 6) is 1.55. The minimum Gasteiger partial charge on any atom is -0.556 e. The van der Waals surface area contributed by atoms with Crippen molar-refractivity contribution in [1.82, 2.24) is 0 Å². The molecule has 2 rings (SSSR count). The van der Waals surface area contributed by atoms with Crippen LogP contribution in [0.4, 0.5) is 0 Å². The molecule has 2 aliphatic carbocycles. The van der Waals surface area contributed by atoms with Gasteiger partial charge in [0.15, 0.2) is 0 Å². The molecule has 1 nitrogen and oxygen atoms in total. The lowest BCUT2D eigenvalue weighted by atomic mass is 9.42. The van der Waals surface area contributed by atoms with E-state index in [0.717, 1.165) is 16.7 Å². The van der Waals surface area contributed by atoms with E-state index >= 15 is 0 Å². The lowest BCUT2D eigenvalue weighted by Gasteiger charge is -2.35. The van der Waals surface area contributed by atoms with E-state index in [1.807, 2.05) is 0 Å². The molecule has 2 fully saturated rings. The van der Waals surface area contributed by atoms with Gasteiger partial charge in [-0.15, -0.1) is 0 Å². The van der Waals surface area contributed by atoms with Crippen LogP contribution in [0, 0.1) is 0 Å². The van der Waals surface area contributed by atoms with E-state index in [0.29, 0.717) is 6.92 Å². The normalized spacial score (nSPS) is 22.0. The maximum atomic E-state index is 6.47. The fourth-order valence-corrected chi connectivity index (χ4v) is 4.86. The van der Waals surface area contributed by atoms with Crippen LogP contribution in [0.1, 0.15) is 85.0 Å². The van der Waals surface area contributed by atoms with E-state index in [1.165, 1.54) is 64.2 Å². The lowest BCUT2D eigenvalue weighted by Crippen LogP contribution is -2.33. The molecule has 0 radical (unpaired) electrons. The molecule has 0 aromatic rings. The van der Waals surface area contributed by atoms with Crippen LogP contribution < -0.4 is 0 Å². The van der Waals surface area contributed by atoms with Gasteiger partial charge in [0.2, 0.25) is 0 Å². The molecule has 0 saturated heterocycles. The van der Waals surface area contributed by atoms with Gasteiger partial charge in [-0.25, -0.2) is 0 Å². The topological polar surface area (TPSA) is 9.23 Å². The standard InChI is InChI=1S/C18H33BOS/c1-15(21-18(2,3)4)20-19(16-11-7-5-8-12-16)17-13-9-6-10-14-17/h16-17H,1,5-14H2,2-4H3. The molecule has 0 atom stereocenters. The first-order valence-corrected chi connectivity index (χ1v) is 9.82. The molecule has 0 N–H and O–H groups in total.